The number of hydrogen-bond acceptors (Lipinski definition) is 4. The predicted molar refractivity (Wildman–Crippen MR) is 77.8 cm³/mol. The molecule has 2 N–H and O–H groups in total. The molecule has 21 heavy (non-hydrogen) atoms. The maximum Gasteiger partial charge on any atom is 0.244 e. The number of benzene rings is 1. The minimum atomic E-state index is -3.60. The maximum atomic E-state index is 12.5. The zero-order valence-electron chi connectivity index (χ0n) is 11.9. The number of nitrogens with one attached hydrogen (secondary N) is 2. The van der Waals surface area contributed by atoms with Crippen molar-refractivity contribution in [1.82, 2.24) is 14.9 Å². The van der Waals surface area contributed by atoms with Gasteiger partial charge < -0.3 is 4.74 Å². The Morgan fingerprint density at radius 1 is 1.33 bits per heavy atom. The second-order valence-corrected chi connectivity index (χ2v) is 6.86. The first-order valence-electron chi connectivity index (χ1n) is 6.72. The van der Waals surface area contributed by atoms with Crippen LogP contribution in [0.15, 0.2) is 29.2 Å². The average Bonchev–Trinajstić information content (AvgIpc) is 2.78. The molecule has 0 fully saturated rings. The molecule has 1 atom stereocenters. The van der Waals surface area contributed by atoms with Crippen molar-refractivity contribution in [2.24, 2.45) is 0 Å². The Morgan fingerprint density at radius 2 is 2.10 bits per heavy atom. The van der Waals surface area contributed by atoms with Crippen LogP contribution in [-0.2, 0) is 16.4 Å². The molecule has 0 saturated carbocycles. The molecule has 0 bridgehead atoms. The number of sulfonamides is 1. The Kier molecular flexibility index (Phi) is 3.46. The van der Waals surface area contributed by atoms with Gasteiger partial charge in [0.25, 0.3) is 0 Å². The van der Waals surface area contributed by atoms with E-state index < -0.39 is 10.0 Å². The van der Waals surface area contributed by atoms with Gasteiger partial charge in [-0.05, 0) is 31.9 Å². The number of para-hydroxylation sites is 1. The van der Waals surface area contributed by atoms with Crippen molar-refractivity contribution < 1.29 is 13.2 Å². The van der Waals surface area contributed by atoms with E-state index in [9.17, 15) is 8.42 Å². The summed E-state index contributed by atoms with van der Waals surface area (Å²) in [5.74, 6) is 0.823. The quantitative estimate of drug-likeness (QED) is 0.895. The number of rotatable bonds is 3. The van der Waals surface area contributed by atoms with E-state index in [0.29, 0.717) is 24.4 Å². The van der Waals surface area contributed by atoms with Gasteiger partial charge in [0.05, 0.1) is 17.4 Å². The molecule has 0 radical (unpaired) electrons. The van der Waals surface area contributed by atoms with Gasteiger partial charge in [0.2, 0.25) is 10.0 Å². The van der Waals surface area contributed by atoms with Gasteiger partial charge in [-0.3, -0.25) is 5.10 Å². The minimum Gasteiger partial charge on any atom is -0.492 e. The van der Waals surface area contributed by atoms with Crippen molar-refractivity contribution in [3.63, 3.8) is 0 Å². The van der Waals surface area contributed by atoms with E-state index in [2.05, 4.69) is 14.9 Å². The largest absolute Gasteiger partial charge is 0.492 e. The van der Waals surface area contributed by atoms with Crippen molar-refractivity contribution in [1.29, 1.82) is 0 Å². The summed E-state index contributed by atoms with van der Waals surface area (Å²) in [6.45, 7) is 3.69. The molecular weight excluding hydrogens is 290 g/mol. The van der Waals surface area contributed by atoms with Crippen LogP contribution in [-0.4, -0.2) is 31.3 Å². The van der Waals surface area contributed by atoms with Gasteiger partial charge in [-0.2, -0.15) is 5.10 Å². The topological polar surface area (TPSA) is 84.1 Å². The summed E-state index contributed by atoms with van der Waals surface area (Å²) in [5.41, 5.74) is 2.02. The lowest BCUT2D eigenvalue weighted by atomic mass is 10.0. The molecule has 0 saturated heterocycles. The van der Waals surface area contributed by atoms with Crippen molar-refractivity contribution in [3.05, 3.63) is 41.2 Å². The number of ether oxygens (including phenoxy) is 1. The Morgan fingerprint density at radius 3 is 2.81 bits per heavy atom. The molecule has 0 aliphatic carbocycles. The van der Waals surface area contributed by atoms with Gasteiger partial charge in [0.1, 0.15) is 17.3 Å². The Bertz CT molecular complexity index is 748. The third-order valence-electron chi connectivity index (χ3n) is 3.53. The second-order valence-electron chi connectivity index (χ2n) is 5.20. The molecule has 1 aliphatic heterocycles. The summed E-state index contributed by atoms with van der Waals surface area (Å²) in [7, 11) is -3.60. The van der Waals surface area contributed by atoms with Gasteiger partial charge >= 0.3 is 0 Å². The summed E-state index contributed by atoms with van der Waals surface area (Å²) in [4.78, 5) is 0.223. The van der Waals surface area contributed by atoms with Gasteiger partial charge in [0, 0.05) is 0 Å². The molecule has 7 heteroatoms. The van der Waals surface area contributed by atoms with Crippen LogP contribution in [0, 0.1) is 13.8 Å². The third kappa shape index (κ3) is 2.66. The first kappa shape index (κ1) is 14.1. The van der Waals surface area contributed by atoms with Crippen LogP contribution in [0.5, 0.6) is 5.75 Å². The number of H-pyrrole nitrogens is 1. The lowest BCUT2D eigenvalue weighted by Gasteiger charge is -2.25. The molecule has 2 aromatic rings. The van der Waals surface area contributed by atoms with Gasteiger partial charge in [-0.25, -0.2) is 13.1 Å². The van der Waals surface area contributed by atoms with E-state index in [0.717, 1.165) is 11.3 Å². The fourth-order valence-corrected chi connectivity index (χ4v) is 4.21. The highest BCUT2D eigenvalue weighted by Gasteiger charge is 2.28. The molecule has 1 aliphatic rings. The summed E-state index contributed by atoms with van der Waals surface area (Å²) in [6, 6.07) is 7.39. The first-order valence-corrected chi connectivity index (χ1v) is 8.20. The van der Waals surface area contributed by atoms with Gasteiger partial charge in [-0.15, -0.1) is 0 Å². The van der Waals surface area contributed by atoms with E-state index in [4.69, 9.17) is 4.74 Å². The molecule has 2 heterocycles. The van der Waals surface area contributed by atoms with Crippen molar-refractivity contribution in [2.75, 3.05) is 6.61 Å². The predicted octanol–water partition coefficient (Wildman–Crippen LogP) is 1.31. The van der Waals surface area contributed by atoms with Crippen LogP contribution in [0.2, 0.25) is 0 Å². The molecule has 1 unspecified atom stereocenters. The molecule has 3 rings (SSSR count). The number of hydrogen-bond donors (Lipinski definition) is 2. The highest BCUT2D eigenvalue weighted by Crippen LogP contribution is 2.25. The van der Waals surface area contributed by atoms with Gasteiger partial charge in [0.15, 0.2) is 0 Å². The van der Waals surface area contributed by atoms with Crippen molar-refractivity contribution in [2.45, 2.75) is 31.2 Å². The third-order valence-corrected chi connectivity index (χ3v) is 5.31. The lowest BCUT2D eigenvalue weighted by Crippen LogP contribution is -2.42. The monoisotopic (exact) mass is 307 g/mol. The van der Waals surface area contributed by atoms with Crippen LogP contribution in [0.1, 0.15) is 17.0 Å². The zero-order valence-corrected chi connectivity index (χ0v) is 12.7. The highest BCUT2D eigenvalue weighted by molar-refractivity contribution is 7.89. The van der Waals surface area contributed by atoms with E-state index in [1.165, 1.54) is 0 Å². The number of fused-ring (bicyclic) bond motifs is 1. The van der Waals surface area contributed by atoms with Crippen LogP contribution in [0.25, 0.3) is 0 Å². The van der Waals surface area contributed by atoms with E-state index in [-0.39, 0.29) is 10.9 Å². The van der Waals surface area contributed by atoms with Crippen LogP contribution in [0.3, 0.4) is 0 Å². The standard InChI is InChI=1S/C14H17N3O3S/c1-9-14(10(2)16-15-9)21(18,19)17-12-7-11-5-3-4-6-13(11)20-8-12/h3-6,12,17H,7-8H2,1-2H3,(H,15,16). The van der Waals surface area contributed by atoms with Crippen LogP contribution < -0.4 is 9.46 Å². The fraction of sp³-hybridized carbons (Fsp3) is 0.357. The summed E-state index contributed by atoms with van der Waals surface area (Å²) < 4.78 is 33.3. The average molecular weight is 307 g/mol. The molecular formula is C14H17N3O3S. The number of aryl methyl sites for hydroxylation is 2. The van der Waals surface area contributed by atoms with E-state index >= 15 is 0 Å². The smallest absolute Gasteiger partial charge is 0.244 e. The summed E-state index contributed by atoms with van der Waals surface area (Å²) in [5, 5.41) is 6.63. The first-order chi connectivity index (χ1) is 9.97. The van der Waals surface area contributed by atoms with Crippen LogP contribution in [0.4, 0.5) is 0 Å². The SMILES string of the molecule is Cc1n[nH]c(C)c1S(=O)(=O)NC1COc2ccccc2C1. The maximum absolute atomic E-state index is 12.5. The van der Waals surface area contributed by atoms with Crippen LogP contribution >= 0.6 is 0 Å². The lowest BCUT2D eigenvalue weighted by molar-refractivity contribution is 0.254. The molecule has 1 aromatic carbocycles. The minimum absolute atomic E-state index is 0.223. The highest BCUT2D eigenvalue weighted by atomic mass is 32.2. The van der Waals surface area contributed by atoms with Crippen molar-refractivity contribution >= 4 is 10.0 Å². The zero-order chi connectivity index (χ0) is 15.0. The number of aromatic amines is 1. The van der Waals surface area contributed by atoms with E-state index in [1.54, 1.807) is 13.8 Å². The Labute approximate surface area is 123 Å². The molecule has 112 valence electrons. The Balaban J connectivity index is 1.82. The molecule has 0 amide bonds. The summed E-state index contributed by atoms with van der Waals surface area (Å²) >= 11 is 0. The molecule has 0 spiro atoms. The second kappa shape index (κ2) is 5.16. The van der Waals surface area contributed by atoms with Gasteiger partial charge in [-0.1, -0.05) is 18.2 Å². The van der Waals surface area contributed by atoms with E-state index in [1.807, 2.05) is 24.3 Å². The summed E-state index contributed by atoms with van der Waals surface area (Å²) in [6.07, 6.45) is 0.616. The number of nitrogens with zero attached hydrogens (tertiary/aromatic N) is 1. The molecule has 6 nitrogen and oxygen atoms in total. The fourth-order valence-electron chi connectivity index (χ4n) is 2.62. The van der Waals surface area contributed by atoms with Crippen molar-refractivity contribution in [3.8, 4) is 5.75 Å². The number of aromatic nitrogens is 2. The normalized spacial score (nSPS) is 18.1. The molecule has 1 aromatic heterocycles. The Hall–Kier alpha value is -1.86.